The van der Waals surface area contributed by atoms with E-state index in [1.807, 2.05) is 19.2 Å². The van der Waals surface area contributed by atoms with Gasteiger partial charge in [-0.2, -0.15) is 4.31 Å². The van der Waals surface area contributed by atoms with Crippen molar-refractivity contribution in [1.29, 1.82) is 0 Å². The van der Waals surface area contributed by atoms with E-state index in [-0.39, 0.29) is 10.8 Å². The first-order chi connectivity index (χ1) is 12.9. The van der Waals surface area contributed by atoms with Gasteiger partial charge in [-0.05, 0) is 49.4 Å². The summed E-state index contributed by atoms with van der Waals surface area (Å²) in [7, 11) is -1.65. The lowest BCUT2D eigenvalue weighted by molar-refractivity contribution is 0.0950. The highest BCUT2D eigenvalue weighted by atomic mass is 32.2. The van der Waals surface area contributed by atoms with Gasteiger partial charge in [-0.1, -0.05) is 6.07 Å². The number of piperazine rings is 1. The maximum Gasteiger partial charge on any atom is 0.251 e. The van der Waals surface area contributed by atoms with Crippen LogP contribution in [0.2, 0.25) is 0 Å². The maximum atomic E-state index is 13.0. The molecular weight excluding hydrogens is 364 g/mol. The van der Waals surface area contributed by atoms with Crippen molar-refractivity contribution in [2.75, 3.05) is 33.2 Å². The molecule has 1 aromatic carbocycles. The first-order valence-corrected chi connectivity index (χ1v) is 10.3. The largest absolute Gasteiger partial charge is 0.348 e. The minimum absolute atomic E-state index is 0.198. The Kier molecular flexibility index (Phi) is 5.88. The van der Waals surface area contributed by atoms with E-state index < -0.39 is 10.0 Å². The van der Waals surface area contributed by atoms with Gasteiger partial charge >= 0.3 is 0 Å². The molecule has 27 heavy (non-hydrogen) atoms. The lowest BCUT2D eigenvalue weighted by atomic mass is 10.1. The highest BCUT2D eigenvalue weighted by Gasteiger charge is 2.29. The zero-order valence-corrected chi connectivity index (χ0v) is 16.4. The minimum atomic E-state index is -3.62. The number of hydrogen-bond acceptors (Lipinski definition) is 5. The fourth-order valence-corrected chi connectivity index (χ4v) is 4.64. The summed E-state index contributed by atoms with van der Waals surface area (Å²) >= 11 is 0. The van der Waals surface area contributed by atoms with E-state index in [1.54, 1.807) is 31.5 Å². The number of likely N-dealkylation sites (N-methyl/N-ethyl adjacent to an activating group) is 1. The summed E-state index contributed by atoms with van der Waals surface area (Å²) in [5.74, 6) is -0.304. The third kappa shape index (κ3) is 4.52. The van der Waals surface area contributed by atoms with E-state index in [2.05, 4.69) is 15.2 Å². The Bertz CT molecular complexity index is 908. The Morgan fingerprint density at radius 2 is 1.78 bits per heavy atom. The predicted molar refractivity (Wildman–Crippen MR) is 103 cm³/mol. The summed E-state index contributed by atoms with van der Waals surface area (Å²) in [5.41, 5.74) is 1.90. The smallest absolute Gasteiger partial charge is 0.251 e. The van der Waals surface area contributed by atoms with Crippen molar-refractivity contribution in [2.45, 2.75) is 18.4 Å². The molecule has 2 aromatic rings. The van der Waals surface area contributed by atoms with Gasteiger partial charge in [0.1, 0.15) is 0 Å². The van der Waals surface area contributed by atoms with Gasteiger partial charge in [0.05, 0.1) is 4.90 Å². The van der Waals surface area contributed by atoms with Crippen LogP contribution in [0.15, 0.2) is 47.6 Å². The Morgan fingerprint density at radius 3 is 2.44 bits per heavy atom. The first-order valence-electron chi connectivity index (χ1n) is 8.84. The monoisotopic (exact) mass is 388 g/mol. The summed E-state index contributed by atoms with van der Waals surface area (Å²) in [4.78, 5) is 18.7. The van der Waals surface area contributed by atoms with Gasteiger partial charge in [0, 0.05) is 50.7 Å². The van der Waals surface area contributed by atoms with Crippen LogP contribution in [0.5, 0.6) is 0 Å². The van der Waals surface area contributed by atoms with Crippen LogP contribution in [0.4, 0.5) is 0 Å². The number of sulfonamides is 1. The van der Waals surface area contributed by atoms with Gasteiger partial charge in [0.15, 0.2) is 0 Å². The van der Waals surface area contributed by atoms with Gasteiger partial charge in [0.25, 0.3) is 5.91 Å². The molecule has 3 rings (SSSR count). The fraction of sp³-hybridized carbons (Fsp3) is 0.368. The SMILES string of the molecule is Cc1ccc(C(=O)NCc2ccncc2)cc1S(=O)(=O)N1CCN(C)CC1. The van der Waals surface area contributed by atoms with Crippen molar-refractivity contribution >= 4 is 15.9 Å². The zero-order valence-electron chi connectivity index (χ0n) is 15.6. The zero-order chi connectivity index (χ0) is 19.4. The molecule has 1 amide bonds. The predicted octanol–water partition coefficient (Wildman–Crippen LogP) is 1.26. The normalized spacial score (nSPS) is 16.2. The van der Waals surface area contributed by atoms with Gasteiger partial charge in [-0.25, -0.2) is 8.42 Å². The van der Waals surface area contributed by atoms with Crippen LogP contribution in [0.25, 0.3) is 0 Å². The molecule has 0 radical (unpaired) electrons. The molecule has 144 valence electrons. The number of nitrogens with zero attached hydrogens (tertiary/aromatic N) is 3. The lowest BCUT2D eigenvalue weighted by Crippen LogP contribution is -2.47. The van der Waals surface area contributed by atoms with E-state index in [0.29, 0.717) is 43.9 Å². The molecule has 2 heterocycles. The topological polar surface area (TPSA) is 82.6 Å². The fourth-order valence-electron chi connectivity index (χ4n) is 2.97. The molecule has 1 aromatic heterocycles. The average Bonchev–Trinajstić information content (AvgIpc) is 2.67. The van der Waals surface area contributed by atoms with Crippen LogP contribution in [-0.2, 0) is 16.6 Å². The highest BCUT2D eigenvalue weighted by molar-refractivity contribution is 7.89. The third-order valence-corrected chi connectivity index (χ3v) is 6.77. The Hall–Kier alpha value is -2.29. The number of pyridine rings is 1. The van der Waals surface area contributed by atoms with E-state index in [1.165, 1.54) is 10.4 Å². The molecule has 0 spiro atoms. The van der Waals surface area contributed by atoms with E-state index >= 15 is 0 Å². The summed E-state index contributed by atoms with van der Waals surface area (Å²) in [6.45, 7) is 4.42. The average molecular weight is 388 g/mol. The highest BCUT2D eigenvalue weighted by Crippen LogP contribution is 2.22. The number of rotatable bonds is 5. The molecule has 1 fully saturated rings. The quantitative estimate of drug-likeness (QED) is 0.834. The molecule has 7 nitrogen and oxygen atoms in total. The first kappa shape index (κ1) is 19.5. The number of carbonyl (C=O) groups excluding carboxylic acids is 1. The summed E-state index contributed by atoms with van der Waals surface area (Å²) < 4.78 is 27.6. The summed E-state index contributed by atoms with van der Waals surface area (Å²) in [5, 5.41) is 2.82. The maximum absolute atomic E-state index is 13.0. The molecule has 0 bridgehead atoms. The molecule has 0 saturated carbocycles. The number of benzene rings is 1. The Balaban J connectivity index is 1.78. The second-order valence-electron chi connectivity index (χ2n) is 6.73. The number of aromatic nitrogens is 1. The van der Waals surface area contributed by atoms with Crippen LogP contribution < -0.4 is 5.32 Å². The second-order valence-corrected chi connectivity index (χ2v) is 8.63. The molecule has 0 unspecified atom stereocenters. The van der Waals surface area contributed by atoms with Crippen LogP contribution in [0, 0.1) is 6.92 Å². The number of carbonyl (C=O) groups is 1. The number of amides is 1. The molecular formula is C19H24N4O3S. The molecule has 1 saturated heterocycles. The number of nitrogens with one attached hydrogen (secondary N) is 1. The van der Waals surface area contributed by atoms with Crippen molar-refractivity contribution in [3.63, 3.8) is 0 Å². The van der Waals surface area contributed by atoms with Crippen molar-refractivity contribution in [2.24, 2.45) is 0 Å². The van der Waals surface area contributed by atoms with Crippen LogP contribution in [-0.4, -0.2) is 61.7 Å². The van der Waals surface area contributed by atoms with Crippen molar-refractivity contribution < 1.29 is 13.2 Å². The van der Waals surface area contributed by atoms with E-state index in [0.717, 1.165) is 5.56 Å². The second kappa shape index (κ2) is 8.16. The van der Waals surface area contributed by atoms with Gasteiger partial charge in [0.2, 0.25) is 10.0 Å². The van der Waals surface area contributed by atoms with E-state index in [9.17, 15) is 13.2 Å². The standard InChI is InChI=1S/C19H24N4O3S/c1-15-3-4-17(19(24)21-14-16-5-7-20-8-6-16)13-18(15)27(25,26)23-11-9-22(2)10-12-23/h3-8,13H,9-12,14H2,1-2H3,(H,21,24). The summed E-state index contributed by atoms with van der Waals surface area (Å²) in [6.07, 6.45) is 3.32. The molecule has 0 aliphatic carbocycles. The Morgan fingerprint density at radius 1 is 1.11 bits per heavy atom. The minimum Gasteiger partial charge on any atom is -0.348 e. The van der Waals surface area contributed by atoms with E-state index in [4.69, 9.17) is 0 Å². The number of aryl methyl sites for hydroxylation is 1. The molecule has 0 atom stereocenters. The molecule has 1 aliphatic heterocycles. The van der Waals surface area contributed by atoms with Crippen LogP contribution >= 0.6 is 0 Å². The van der Waals surface area contributed by atoms with Crippen LogP contribution in [0.3, 0.4) is 0 Å². The number of hydrogen-bond donors (Lipinski definition) is 1. The van der Waals surface area contributed by atoms with Crippen molar-refractivity contribution in [1.82, 2.24) is 19.5 Å². The van der Waals surface area contributed by atoms with Gasteiger partial charge in [-0.3, -0.25) is 9.78 Å². The van der Waals surface area contributed by atoms with Crippen LogP contribution in [0.1, 0.15) is 21.5 Å². The summed E-state index contributed by atoms with van der Waals surface area (Å²) in [6, 6.07) is 8.45. The van der Waals surface area contributed by atoms with Crippen molar-refractivity contribution in [3.8, 4) is 0 Å². The van der Waals surface area contributed by atoms with Gasteiger partial charge in [-0.15, -0.1) is 0 Å². The lowest BCUT2D eigenvalue weighted by Gasteiger charge is -2.32. The molecule has 1 aliphatic rings. The van der Waals surface area contributed by atoms with Crippen molar-refractivity contribution in [3.05, 3.63) is 59.4 Å². The molecule has 8 heteroatoms. The molecule has 1 N–H and O–H groups in total. The van der Waals surface area contributed by atoms with Gasteiger partial charge < -0.3 is 10.2 Å². The Labute approximate surface area is 160 Å². The third-order valence-electron chi connectivity index (χ3n) is 4.73.